The number of carbonyl (C=O) groups excluding carboxylic acids is 1. The lowest BCUT2D eigenvalue weighted by Gasteiger charge is -2.27. The summed E-state index contributed by atoms with van der Waals surface area (Å²) >= 11 is 0. The van der Waals surface area contributed by atoms with Gasteiger partial charge in [-0.05, 0) is 6.07 Å². The highest BCUT2D eigenvalue weighted by molar-refractivity contribution is 6.02. The van der Waals surface area contributed by atoms with Crippen LogP contribution < -0.4 is 24.8 Å². The molecule has 0 aliphatic carbocycles. The monoisotopic (exact) mass is 271 g/mol. The number of anilines is 1. The van der Waals surface area contributed by atoms with Crippen LogP contribution in [-0.4, -0.2) is 39.5 Å². The molecule has 1 aromatic carbocycles. The topological polar surface area (TPSA) is 103 Å². The lowest BCUT2D eigenvalue weighted by Crippen LogP contribution is -2.22. The Morgan fingerprint density at radius 3 is 2.21 bits per heavy atom. The first kappa shape index (κ1) is 14.9. The van der Waals surface area contributed by atoms with E-state index in [4.69, 9.17) is 19.4 Å². The number of benzene rings is 1. The number of hydrogen-bond donors (Lipinski definition) is 2. The third kappa shape index (κ3) is 2.64. The molecule has 1 aromatic rings. The third-order valence-corrected chi connectivity index (χ3v) is 2.47. The average Bonchev–Trinajstić information content (AvgIpc) is 2.43. The quantitative estimate of drug-likeness (QED) is 0.762. The minimum Gasteiger partial charge on any atom is -0.733 e. The highest BCUT2D eigenvalue weighted by Gasteiger charge is 2.24. The summed E-state index contributed by atoms with van der Waals surface area (Å²) in [4.78, 5) is 11.7. The largest absolute Gasteiger partial charge is 0.733 e. The Labute approximate surface area is 110 Å². The molecule has 8 heteroatoms. The summed E-state index contributed by atoms with van der Waals surface area (Å²) in [6, 6.07) is 1.27. The molecule has 0 unspecified atom stereocenters. The van der Waals surface area contributed by atoms with Crippen molar-refractivity contribution < 1.29 is 24.2 Å². The number of methoxy groups -OCH3 is 3. The second kappa shape index (κ2) is 6.12. The van der Waals surface area contributed by atoms with Gasteiger partial charge in [-0.3, -0.25) is 10.0 Å². The molecule has 0 fully saturated rings. The number of nitrogens with one attached hydrogen (secondary N) is 1. The third-order valence-electron chi connectivity index (χ3n) is 2.47. The second-order valence-electron chi connectivity index (χ2n) is 3.39. The van der Waals surface area contributed by atoms with Crippen LogP contribution in [0.5, 0.6) is 17.2 Å². The van der Waals surface area contributed by atoms with Crippen LogP contribution >= 0.6 is 0 Å². The minimum absolute atomic E-state index is 0.0991. The van der Waals surface area contributed by atoms with Crippen LogP contribution in [0.3, 0.4) is 0 Å². The van der Waals surface area contributed by atoms with Gasteiger partial charge in [0, 0.05) is 7.05 Å². The van der Waals surface area contributed by atoms with E-state index < -0.39 is 11.1 Å². The Balaban J connectivity index is 3.67. The SMILES string of the molecule is CNC(=O)c1cc(OC)c(OC)c(OC)c1N([O-])O. The summed E-state index contributed by atoms with van der Waals surface area (Å²) in [5.74, 6) is -0.381. The Kier molecular flexibility index (Phi) is 4.79. The molecular formula is C11H15N2O6-. The fraction of sp³-hybridized carbons (Fsp3) is 0.364. The van der Waals surface area contributed by atoms with Crippen LogP contribution in [0.25, 0.3) is 0 Å². The van der Waals surface area contributed by atoms with E-state index in [2.05, 4.69) is 5.32 Å². The lowest BCUT2D eigenvalue weighted by atomic mass is 10.1. The van der Waals surface area contributed by atoms with Crippen molar-refractivity contribution in [2.45, 2.75) is 0 Å². The molecule has 0 saturated heterocycles. The summed E-state index contributed by atoms with van der Waals surface area (Å²) in [6.45, 7) is 0. The predicted molar refractivity (Wildman–Crippen MR) is 67.1 cm³/mol. The van der Waals surface area contributed by atoms with Gasteiger partial charge in [-0.1, -0.05) is 0 Å². The molecule has 0 spiro atoms. The summed E-state index contributed by atoms with van der Waals surface area (Å²) in [5, 5.41) is 22.3. The maximum atomic E-state index is 11.7. The number of carbonyl (C=O) groups is 1. The van der Waals surface area contributed by atoms with Crippen LogP contribution in [0.4, 0.5) is 5.69 Å². The molecule has 1 amide bonds. The standard InChI is InChI=1S/C11H15N2O6/c1-12-11(14)6-5-7(17-2)9(18-3)10(19-4)8(6)13(15)16/h5,15H,1-4H3,(H,12,14)/q-1. The van der Waals surface area contributed by atoms with E-state index in [1.807, 2.05) is 0 Å². The fourth-order valence-corrected chi connectivity index (χ4v) is 1.64. The van der Waals surface area contributed by atoms with Crippen molar-refractivity contribution in [2.75, 3.05) is 33.6 Å². The van der Waals surface area contributed by atoms with Gasteiger partial charge in [0.15, 0.2) is 11.5 Å². The Hall–Kier alpha value is -2.19. The molecule has 0 atom stereocenters. The van der Waals surface area contributed by atoms with Gasteiger partial charge in [0.1, 0.15) is 5.69 Å². The molecule has 0 bridgehead atoms. The molecule has 0 aliphatic heterocycles. The van der Waals surface area contributed by atoms with Crippen LogP contribution in [0.15, 0.2) is 6.07 Å². The maximum absolute atomic E-state index is 11.7. The van der Waals surface area contributed by atoms with Crippen molar-refractivity contribution in [1.29, 1.82) is 0 Å². The highest BCUT2D eigenvalue weighted by atomic mass is 16.8. The van der Waals surface area contributed by atoms with Gasteiger partial charge < -0.3 is 30.0 Å². The summed E-state index contributed by atoms with van der Waals surface area (Å²) in [7, 11) is 5.38. The number of amides is 1. The van der Waals surface area contributed by atoms with Gasteiger partial charge in [-0.15, -0.1) is 0 Å². The van der Waals surface area contributed by atoms with Crippen LogP contribution in [0.1, 0.15) is 10.4 Å². The molecule has 0 aromatic heterocycles. The van der Waals surface area contributed by atoms with E-state index in [0.717, 1.165) is 0 Å². The van der Waals surface area contributed by atoms with Crippen molar-refractivity contribution in [1.82, 2.24) is 5.32 Å². The molecule has 0 radical (unpaired) electrons. The van der Waals surface area contributed by atoms with E-state index in [-0.39, 0.29) is 28.5 Å². The molecule has 8 nitrogen and oxygen atoms in total. The molecular weight excluding hydrogens is 256 g/mol. The zero-order chi connectivity index (χ0) is 14.6. The van der Waals surface area contributed by atoms with Crippen molar-refractivity contribution in [3.8, 4) is 17.2 Å². The lowest BCUT2D eigenvalue weighted by molar-refractivity contribution is 0.0961. The average molecular weight is 271 g/mol. The smallest absolute Gasteiger partial charge is 0.253 e. The van der Waals surface area contributed by atoms with Crippen LogP contribution in [0, 0.1) is 5.21 Å². The van der Waals surface area contributed by atoms with Crippen LogP contribution in [-0.2, 0) is 0 Å². The Morgan fingerprint density at radius 2 is 1.84 bits per heavy atom. The van der Waals surface area contributed by atoms with Gasteiger partial charge in [-0.25, -0.2) is 0 Å². The maximum Gasteiger partial charge on any atom is 0.253 e. The van der Waals surface area contributed by atoms with Gasteiger partial charge in [-0.2, -0.15) is 0 Å². The second-order valence-corrected chi connectivity index (χ2v) is 3.39. The summed E-state index contributed by atoms with van der Waals surface area (Å²) in [5.41, 5.74) is -0.464. The molecule has 19 heavy (non-hydrogen) atoms. The van der Waals surface area contributed by atoms with Crippen LogP contribution in [0.2, 0.25) is 0 Å². The first-order chi connectivity index (χ1) is 9.01. The number of rotatable bonds is 5. The molecule has 0 saturated carbocycles. The minimum atomic E-state index is -0.579. The normalized spacial score (nSPS) is 9.79. The van der Waals surface area contributed by atoms with E-state index in [0.29, 0.717) is 0 Å². The first-order valence-electron chi connectivity index (χ1n) is 5.22. The Morgan fingerprint density at radius 1 is 1.26 bits per heavy atom. The number of ether oxygens (including phenoxy) is 3. The molecule has 106 valence electrons. The zero-order valence-corrected chi connectivity index (χ0v) is 11.0. The molecule has 0 aliphatic rings. The first-order valence-corrected chi connectivity index (χ1v) is 5.22. The molecule has 1 rings (SSSR count). The molecule has 2 N–H and O–H groups in total. The van der Waals surface area contributed by atoms with Crippen molar-refractivity contribution in [3.63, 3.8) is 0 Å². The predicted octanol–water partition coefficient (Wildman–Crippen LogP) is 0.765. The highest BCUT2D eigenvalue weighted by Crippen LogP contribution is 2.46. The Bertz CT molecular complexity index is 475. The summed E-state index contributed by atoms with van der Waals surface area (Å²) in [6.07, 6.45) is 0. The van der Waals surface area contributed by atoms with E-state index in [1.54, 1.807) is 0 Å². The number of hydrogen-bond acceptors (Lipinski definition) is 7. The summed E-state index contributed by atoms with van der Waals surface area (Å²) < 4.78 is 15.1. The van der Waals surface area contributed by atoms with E-state index >= 15 is 0 Å². The van der Waals surface area contributed by atoms with Crippen molar-refractivity contribution >= 4 is 11.6 Å². The van der Waals surface area contributed by atoms with Gasteiger partial charge >= 0.3 is 0 Å². The fourth-order valence-electron chi connectivity index (χ4n) is 1.64. The van der Waals surface area contributed by atoms with Crippen molar-refractivity contribution in [3.05, 3.63) is 16.8 Å². The van der Waals surface area contributed by atoms with E-state index in [1.165, 1.54) is 34.4 Å². The van der Waals surface area contributed by atoms with Gasteiger partial charge in [0.2, 0.25) is 5.75 Å². The van der Waals surface area contributed by atoms with Gasteiger partial charge in [0.05, 0.1) is 26.9 Å². The van der Waals surface area contributed by atoms with Crippen molar-refractivity contribution in [2.24, 2.45) is 0 Å². The zero-order valence-electron chi connectivity index (χ0n) is 11.0. The number of nitrogens with zero attached hydrogens (tertiary/aromatic N) is 1. The van der Waals surface area contributed by atoms with E-state index in [9.17, 15) is 10.0 Å². The van der Waals surface area contributed by atoms with Gasteiger partial charge in [0.25, 0.3) is 5.91 Å². The molecule has 0 heterocycles.